The second-order valence-corrected chi connectivity index (χ2v) is 13.1. The molecule has 4 aromatic rings. The first-order valence-electron chi connectivity index (χ1n) is 13.2. The highest BCUT2D eigenvalue weighted by atomic mass is 35.5. The number of imide groups is 1. The summed E-state index contributed by atoms with van der Waals surface area (Å²) >= 11 is 14.6. The summed E-state index contributed by atoms with van der Waals surface area (Å²) in [5, 5.41) is 12.9. The van der Waals surface area contributed by atoms with Crippen molar-refractivity contribution in [1.29, 1.82) is 0 Å². The fourth-order valence-electron chi connectivity index (χ4n) is 5.45. The summed E-state index contributed by atoms with van der Waals surface area (Å²) in [5.74, 6) is -4.10. The fourth-order valence-corrected chi connectivity index (χ4v) is 8.64. The highest BCUT2D eigenvalue weighted by Crippen LogP contribution is 2.55. The summed E-state index contributed by atoms with van der Waals surface area (Å²) in [4.78, 5) is 65.3. The molecular weight excluding hydrogens is 692 g/mol. The van der Waals surface area contributed by atoms with Crippen molar-refractivity contribution in [1.82, 2.24) is 4.57 Å². The molecule has 0 saturated carbocycles. The number of aromatic nitrogens is 1. The van der Waals surface area contributed by atoms with Gasteiger partial charge in [0.25, 0.3) is 5.69 Å². The smallest absolute Gasteiger partial charge is 0.325 e. The lowest BCUT2D eigenvalue weighted by Crippen LogP contribution is -2.33. The van der Waals surface area contributed by atoms with Crippen LogP contribution in [0.3, 0.4) is 0 Å². The maximum Gasteiger partial charge on any atom is 0.416 e. The van der Waals surface area contributed by atoms with E-state index in [0.29, 0.717) is 10.4 Å². The number of hydrogen-bond acceptors (Lipinski definition) is 8. The Bertz CT molecular complexity index is 2000. The molecule has 10 nitrogen and oxygen atoms in total. The van der Waals surface area contributed by atoms with E-state index in [9.17, 15) is 42.5 Å². The molecule has 3 aromatic carbocycles. The van der Waals surface area contributed by atoms with Crippen LogP contribution >= 0.6 is 46.3 Å². The molecule has 3 amide bonds. The predicted molar refractivity (Wildman–Crippen MR) is 166 cm³/mol. The molecule has 1 saturated heterocycles. The number of amides is 3. The molecule has 3 atom stereocenters. The lowest BCUT2D eigenvalue weighted by molar-refractivity contribution is -0.384. The summed E-state index contributed by atoms with van der Waals surface area (Å²) in [7, 11) is 0. The lowest BCUT2D eigenvalue weighted by Gasteiger charge is -2.31. The Labute approximate surface area is 274 Å². The van der Waals surface area contributed by atoms with Gasteiger partial charge in [0.15, 0.2) is 0 Å². The van der Waals surface area contributed by atoms with E-state index in [1.165, 1.54) is 24.3 Å². The predicted octanol–water partition coefficient (Wildman–Crippen LogP) is 6.58. The number of nitrogens with zero attached hydrogens (tertiary/aromatic N) is 3. The molecule has 0 spiro atoms. The summed E-state index contributed by atoms with van der Waals surface area (Å²) in [5.41, 5.74) is -0.886. The second-order valence-electron chi connectivity index (χ2n) is 10.2. The molecule has 2 aliphatic rings. The Kier molecular flexibility index (Phi) is 8.21. The van der Waals surface area contributed by atoms with Crippen LogP contribution in [0, 0.1) is 16.0 Å². The number of carbonyl (C=O) groups is 3. The minimum Gasteiger partial charge on any atom is -0.325 e. The molecule has 1 aromatic heterocycles. The number of nitrogens with one attached hydrogen (secondary N) is 1. The Morgan fingerprint density at radius 3 is 2.37 bits per heavy atom. The Morgan fingerprint density at radius 2 is 1.70 bits per heavy atom. The topological polar surface area (TPSA) is 132 Å². The van der Waals surface area contributed by atoms with Crippen LogP contribution in [0.4, 0.5) is 30.2 Å². The zero-order valence-corrected chi connectivity index (χ0v) is 25.9. The number of fused-ring (bicyclic) bond motifs is 2. The van der Waals surface area contributed by atoms with Crippen molar-refractivity contribution in [3.05, 3.63) is 113 Å². The van der Waals surface area contributed by atoms with Crippen molar-refractivity contribution in [2.24, 2.45) is 5.92 Å². The van der Waals surface area contributed by atoms with E-state index in [2.05, 4.69) is 5.32 Å². The number of nitro groups is 1. The number of hydrogen-bond donors (Lipinski definition) is 1. The van der Waals surface area contributed by atoms with Gasteiger partial charge < -0.3 is 5.32 Å². The first kappa shape index (κ1) is 31.8. The number of nitro benzene ring substituents is 1. The van der Waals surface area contributed by atoms with Gasteiger partial charge in [-0.15, -0.1) is 0 Å². The van der Waals surface area contributed by atoms with Gasteiger partial charge in [0.1, 0.15) is 11.8 Å². The van der Waals surface area contributed by atoms with E-state index >= 15 is 0 Å². The van der Waals surface area contributed by atoms with Crippen LogP contribution in [0.1, 0.15) is 21.9 Å². The van der Waals surface area contributed by atoms with Crippen LogP contribution < -0.4 is 15.1 Å². The molecular formula is C29H17Cl2F3N4O6S2. The Morgan fingerprint density at radius 1 is 1.00 bits per heavy atom. The monoisotopic (exact) mass is 708 g/mol. The summed E-state index contributed by atoms with van der Waals surface area (Å²) < 4.78 is 40.6. The summed E-state index contributed by atoms with van der Waals surface area (Å²) in [6, 6.07) is 13.6. The number of thioether (sulfide) groups is 1. The minimum absolute atomic E-state index is 0.0921. The van der Waals surface area contributed by atoms with Gasteiger partial charge in [-0.2, -0.15) is 13.2 Å². The SMILES string of the molecule is O=C(Cn1c2c(sc1=O)[C@H](c1cccc(Cl)c1Cl)C1C(=O)N(c3ccc([N+](=O)[O-])cc3)C(=O)C1S2)Nc1cccc(C(F)(F)F)c1. The van der Waals surface area contributed by atoms with E-state index in [1.54, 1.807) is 12.1 Å². The minimum atomic E-state index is -4.64. The van der Waals surface area contributed by atoms with Crippen LogP contribution in [0.2, 0.25) is 10.0 Å². The van der Waals surface area contributed by atoms with Crippen LogP contribution in [0.5, 0.6) is 0 Å². The highest BCUT2D eigenvalue weighted by Gasteiger charge is 2.57. The summed E-state index contributed by atoms with van der Waals surface area (Å²) in [6.07, 6.45) is -4.64. The van der Waals surface area contributed by atoms with Gasteiger partial charge in [0.05, 0.1) is 37.2 Å². The molecule has 0 bridgehead atoms. The van der Waals surface area contributed by atoms with Crippen LogP contribution in [-0.4, -0.2) is 32.5 Å². The number of alkyl halides is 3. The average Bonchev–Trinajstić information content (AvgIpc) is 3.44. The van der Waals surface area contributed by atoms with Gasteiger partial charge in [-0.1, -0.05) is 64.5 Å². The zero-order valence-electron chi connectivity index (χ0n) is 22.8. The van der Waals surface area contributed by atoms with Gasteiger partial charge in [-0.3, -0.25) is 33.9 Å². The summed E-state index contributed by atoms with van der Waals surface area (Å²) in [6.45, 7) is -0.602. The van der Waals surface area contributed by atoms with Crippen molar-refractivity contribution in [3.8, 4) is 0 Å². The van der Waals surface area contributed by atoms with Gasteiger partial charge in [0, 0.05) is 28.6 Å². The fraction of sp³-hybridized carbons (Fsp3) is 0.172. The molecule has 6 rings (SSSR count). The van der Waals surface area contributed by atoms with Crippen molar-refractivity contribution in [3.63, 3.8) is 0 Å². The van der Waals surface area contributed by atoms with E-state index in [0.717, 1.165) is 62.9 Å². The normalized spacial score (nSPS) is 19.2. The van der Waals surface area contributed by atoms with Crippen LogP contribution in [-0.2, 0) is 27.1 Å². The number of halogens is 5. The lowest BCUT2D eigenvalue weighted by atomic mass is 9.83. The van der Waals surface area contributed by atoms with Crippen LogP contribution in [0.25, 0.3) is 0 Å². The Balaban J connectivity index is 1.40. The molecule has 17 heteroatoms. The first-order valence-corrected chi connectivity index (χ1v) is 15.6. The maximum atomic E-state index is 14.0. The third-order valence-electron chi connectivity index (χ3n) is 7.46. The van der Waals surface area contributed by atoms with E-state index < -0.39 is 62.9 Å². The number of anilines is 2. The van der Waals surface area contributed by atoms with Crippen molar-refractivity contribution >= 4 is 81.1 Å². The van der Waals surface area contributed by atoms with Crippen molar-refractivity contribution in [2.75, 3.05) is 10.2 Å². The molecule has 0 radical (unpaired) electrons. The van der Waals surface area contributed by atoms with Gasteiger partial charge in [0.2, 0.25) is 17.7 Å². The molecule has 0 aliphatic carbocycles. The number of thiazole rings is 1. The number of rotatable bonds is 6. The van der Waals surface area contributed by atoms with Gasteiger partial charge in [-0.25, -0.2) is 4.90 Å². The third kappa shape index (κ3) is 5.57. The largest absolute Gasteiger partial charge is 0.416 e. The first-order chi connectivity index (χ1) is 21.8. The molecule has 2 unspecified atom stereocenters. The standard InChI is InChI=1S/C29H17Cl2F3N4O6S2/c30-18-6-2-5-17(22(18)31)20-21-23(26(41)37(25(21)40)15-7-9-16(10-8-15)38(43)44)45-27-24(20)46-28(42)36(27)12-19(39)35-14-4-1-3-13(11-14)29(32,33)34/h1-11,20-21,23H,12H2,(H,35,39)/t20-,21?,23?/m1/s1. The van der Waals surface area contributed by atoms with Crippen molar-refractivity contribution in [2.45, 2.75) is 28.9 Å². The molecule has 1 fully saturated rings. The number of non-ortho nitro benzene ring substituents is 1. The third-order valence-corrected chi connectivity index (χ3v) is 10.9. The second kappa shape index (κ2) is 11.9. The molecule has 3 heterocycles. The maximum absolute atomic E-state index is 14.0. The Hall–Kier alpha value is -4.18. The average molecular weight is 710 g/mol. The number of carbonyl (C=O) groups excluding carboxylic acids is 3. The van der Waals surface area contributed by atoms with Crippen molar-refractivity contribution < 1.29 is 32.5 Å². The van der Waals surface area contributed by atoms with Gasteiger partial charge in [-0.05, 0) is 42.0 Å². The zero-order chi connectivity index (χ0) is 33.1. The quantitative estimate of drug-likeness (QED) is 0.136. The highest BCUT2D eigenvalue weighted by molar-refractivity contribution is 8.00. The van der Waals surface area contributed by atoms with E-state index in [-0.39, 0.29) is 32.1 Å². The molecule has 2 aliphatic heterocycles. The molecule has 1 N–H and O–H groups in total. The van der Waals surface area contributed by atoms with E-state index in [4.69, 9.17) is 23.2 Å². The molecule has 46 heavy (non-hydrogen) atoms. The molecule has 236 valence electrons. The number of benzene rings is 3. The van der Waals surface area contributed by atoms with Crippen LogP contribution in [0.15, 0.2) is 76.6 Å². The van der Waals surface area contributed by atoms with E-state index in [1.807, 2.05) is 0 Å². The van der Waals surface area contributed by atoms with Gasteiger partial charge >= 0.3 is 11.0 Å².